The first-order valence-corrected chi connectivity index (χ1v) is 17.1. The van der Waals surface area contributed by atoms with Gasteiger partial charge in [-0.05, 0) is 113 Å². The number of fused-ring (bicyclic) bond motifs is 2. The molecule has 0 aliphatic carbocycles. The Morgan fingerprint density at radius 3 is 1.24 bits per heavy atom. The number of nitrogens with zero attached hydrogens (tertiary/aromatic N) is 6. The van der Waals surface area contributed by atoms with Gasteiger partial charge in [-0.25, -0.2) is 19.9 Å². The second-order valence-electron chi connectivity index (χ2n) is 15.7. The molecule has 0 N–H and O–H groups in total. The quantitative estimate of drug-likeness (QED) is 0.192. The van der Waals surface area contributed by atoms with Gasteiger partial charge in [0.2, 0.25) is 11.6 Å². The van der Waals surface area contributed by atoms with Crippen molar-refractivity contribution in [1.29, 1.82) is 0 Å². The molecule has 0 bridgehead atoms. The van der Waals surface area contributed by atoms with E-state index in [0.29, 0.717) is 5.78 Å². The normalized spacial score (nSPS) is 21.5. The predicted molar refractivity (Wildman–Crippen MR) is 211 cm³/mol. The molecule has 7 heterocycles. The molecule has 3 aliphatic rings. The van der Waals surface area contributed by atoms with Gasteiger partial charge < -0.3 is 27.9 Å². The molecule has 4 aromatic heterocycles. The van der Waals surface area contributed by atoms with Crippen LogP contribution in [-0.2, 0) is 27.9 Å². The minimum Gasteiger partial charge on any atom is -0.405 e. The summed E-state index contributed by atoms with van der Waals surface area (Å²) in [7, 11) is -1.34. The molecule has 3 fully saturated rings. The Morgan fingerprint density at radius 2 is 0.843 bits per heavy atom. The number of aryl methyl sites for hydroxylation is 2. The van der Waals surface area contributed by atoms with E-state index in [4.69, 9.17) is 27.9 Å². The number of rotatable bonds is 2. The molecule has 0 radical (unpaired) electrons. The lowest BCUT2D eigenvalue weighted by Crippen LogP contribution is -2.41. The van der Waals surface area contributed by atoms with Crippen molar-refractivity contribution in [2.75, 3.05) is 0 Å². The highest BCUT2D eigenvalue weighted by Gasteiger charge is 2.63. The first kappa shape index (κ1) is 44.8. The van der Waals surface area contributed by atoms with Gasteiger partial charge >= 0.3 is 21.1 Å². The van der Waals surface area contributed by atoms with Crippen molar-refractivity contribution in [3.8, 4) is 0 Å². The molecular formula is C35H60B3BrN6O6. The third kappa shape index (κ3) is 9.08. The molecule has 0 spiro atoms. The summed E-state index contributed by atoms with van der Waals surface area (Å²) in [4.78, 5) is 16.9. The van der Waals surface area contributed by atoms with Crippen LogP contribution >= 0.6 is 15.9 Å². The summed E-state index contributed by atoms with van der Waals surface area (Å²) < 4.78 is 40.6. The van der Waals surface area contributed by atoms with Crippen LogP contribution in [0, 0.1) is 13.8 Å². The number of halogens is 1. The average Bonchev–Trinajstić information content (AvgIpc) is 3.66. The van der Waals surface area contributed by atoms with E-state index in [-0.39, 0.29) is 63.0 Å². The standard InChI is InChI=1S/C13H18BN3O2.C12H24B2O4.C7H6BrN3.3CH4/c1-9-7-17-8-10(6-15-11(17)16-9)14-18-12(2,3)13(4,5)19-14;1-9(2)10(3,4)16-13(15-9)14-17-11(5,6)12(7,8)18-14;1-5-3-11-4-6(8)2-9-7(11)10-5;;;/h6-8H,1-5H3;1-8H3;2-4H,1H3;3*1H4. The second kappa shape index (κ2) is 15.2. The summed E-state index contributed by atoms with van der Waals surface area (Å²) in [5, 5.41) is 0. The van der Waals surface area contributed by atoms with Crippen LogP contribution in [0.1, 0.15) is 117 Å². The van der Waals surface area contributed by atoms with Crippen LogP contribution in [0.15, 0.2) is 41.7 Å². The molecule has 4 aromatic rings. The Bertz CT molecular complexity index is 1710. The predicted octanol–water partition coefficient (Wildman–Crippen LogP) is 7.29. The van der Waals surface area contributed by atoms with E-state index < -0.39 is 14.0 Å². The average molecular weight is 773 g/mol. The van der Waals surface area contributed by atoms with E-state index in [1.807, 2.05) is 131 Å². The van der Waals surface area contributed by atoms with Gasteiger partial charge in [-0.15, -0.1) is 0 Å². The van der Waals surface area contributed by atoms with Crippen LogP contribution in [0.2, 0.25) is 0 Å². The summed E-state index contributed by atoms with van der Waals surface area (Å²) in [6.45, 7) is 28.3. The largest absolute Gasteiger partial charge is 0.497 e. The summed E-state index contributed by atoms with van der Waals surface area (Å²) in [5.41, 5.74) is 0.720. The van der Waals surface area contributed by atoms with E-state index in [1.165, 1.54) is 0 Å². The number of imidazole rings is 2. The Kier molecular flexibility index (Phi) is 13.4. The molecule has 0 unspecified atom stereocenters. The SMILES string of the molecule is C.C.C.CC1(C)OB(B2OC(C)(C)C(C)(C)O2)OC1(C)C.Cc1cn2cc(B3OC(C)(C)C(C)(C)O3)cnc2n1.Cc1cn2cc(Br)cnc2n1. The molecule has 0 saturated carbocycles. The van der Waals surface area contributed by atoms with Crippen molar-refractivity contribution in [2.24, 2.45) is 0 Å². The topological polar surface area (TPSA) is 116 Å². The summed E-state index contributed by atoms with van der Waals surface area (Å²) in [6.07, 6.45) is 11.3. The summed E-state index contributed by atoms with van der Waals surface area (Å²) >= 11 is 3.33. The van der Waals surface area contributed by atoms with Crippen LogP contribution in [0.4, 0.5) is 0 Å². The zero-order valence-corrected chi connectivity index (χ0v) is 32.3. The molecule has 3 aliphatic heterocycles. The van der Waals surface area contributed by atoms with E-state index in [9.17, 15) is 0 Å². The molecule has 282 valence electrons. The fourth-order valence-electron chi connectivity index (χ4n) is 5.10. The maximum absolute atomic E-state index is 6.01. The van der Waals surface area contributed by atoms with Crippen LogP contribution in [0.3, 0.4) is 0 Å². The molecule has 0 aromatic carbocycles. The van der Waals surface area contributed by atoms with Crippen molar-refractivity contribution in [3.05, 3.63) is 53.0 Å². The number of hydrogen-bond donors (Lipinski definition) is 0. The fourth-order valence-corrected chi connectivity index (χ4v) is 5.42. The van der Waals surface area contributed by atoms with Crippen molar-refractivity contribution in [1.82, 2.24) is 28.7 Å². The van der Waals surface area contributed by atoms with Crippen LogP contribution in [0.5, 0.6) is 0 Å². The van der Waals surface area contributed by atoms with E-state index >= 15 is 0 Å². The van der Waals surface area contributed by atoms with Gasteiger partial charge in [0.15, 0.2) is 0 Å². The Balaban J connectivity index is 0.000000266. The fraction of sp³-hybridized carbons (Fsp3) is 0.657. The van der Waals surface area contributed by atoms with Crippen LogP contribution in [-0.4, -0.2) is 83.5 Å². The number of hydrogen-bond acceptors (Lipinski definition) is 10. The number of aromatic nitrogens is 6. The summed E-state index contributed by atoms with van der Waals surface area (Å²) in [6, 6.07) is 0. The van der Waals surface area contributed by atoms with Gasteiger partial charge in [0.25, 0.3) is 0 Å². The smallest absolute Gasteiger partial charge is 0.405 e. The van der Waals surface area contributed by atoms with Crippen LogP contribution < -0.4 is 5.46 Å². The lowest BCUT2D eigenvalue weighted by molar-refractivity contribution is 0.00578. The minimum atomic E-state index is -0.476. The highest BCUT2D eigenvalue weighted by atomic mass is 79.9. The molecule has 0 amide bonds. The van der Waals surface area contributed by atoms with E-state index in [2.05, 4.69) is 35.9 Å². The Hall–Kier alpha value is -2.33. The monoisotopic (exact) mass is 772 g/mol. The van der Waals surface area contributed by atoms with Gasteiger partial charge in [0.05, 0.1) is 49.5 Å². The third-order valence-electron chi connectivity index (χ3n) is 10.1. The molecule has 0 atom stereocenters. The highest BCUT2D eigenvalue weighted by molar-refractivity contribution is 9.10. The zero-order valence-electron chi connectivity index (χ0n) is 30.7. The van der Waals surface area contributed by atoms with Gasteiger partial charge in [0, 0.05) is 42.6 Å². The first-order chi connectivity index (χ1) is 21.9. The zero-order chi connectivity index (χ0) is 35.7. The van der Waals surface area contributed by atoms with Gasteiger partial charge in [-0.1, -0.05) is 22.3 Å². The lowest BCUT2D eigenvalue weighted by Gasteiger charge is -2.32. The Morgan fingerprint density at radius 1 is 0.510 bits per heavy atom. The van der Waals surface area contributed by atoms with Crippen molar-refractivity contribution in [3.63, 3.8) is 0 Å². The van der Waals surface area contributed by atoms with E-state index in [1.54, 1.807) is 12.4 Å². The molecule has 12 nitrogen and oxygen atoms in total. The highest BCUT2D eigenvalue weighted by Crippen LogP contribution is 2.43. The second-order valence-corrected chi connectivity index (χ2v) is 16.6. The van der Waals surface area contributed by atoms with Crippen molar-refractivity contribution in [2.45, 2.75) is 153 Å². The molecular weight excluding hydrogens is 713 g/mol. The van der Waals surface area contributed by atoms with Crippen molar-refractivity contribution >= 4 is 54.1 Å². The Labute approximate surface area is 315 Å². The lowest BCUT2D eigenvalue weighted by atomic mass is 9.49. The maximum atomic E-state index is 6.01. The van der Waals surface area contributed by atoms with Crippen LogP contribution in [0.25, 0.3) is 11.6 Å². The molecule has 16 heteroatoms. The van der Waals surface area contributed by atoms with Gasteiger partial charge in [-0.3, -0.25) is 8.80 Å². The molecule has 7 rings (SSSR count). The van der Waals surface area contributed by atoms with Gasteiger partial charge in [-0.2, -0.15) is 0 Å². The minimum absolute atomic E-state index is 0. The third-order valence-corrected chi connectivity index (χ3v) is 10.5. The van der Waals surface area contributed by atoms with E-state index in [0.717, 1.165) is 27.1 Å². The van der Waals surface area contributed by atoms with Crippen molar-refractivity contribution < 1.29 is 27.9 Å². The maximum Gasteiger partial charge on any atom is 0.497 e. The molecule has 3 saturated heterocycles. The molecule has 51 heavy (non-hydrogen) atoms. The first-order valence-electron chi connectivity index (χ1n) is 16.3. The van der Waals surface area contributed by atoms with Gasteiger partial charge in [0.1, 0.15) is 0 Å². The summed E-state index contributed by atoms with van der Waals surface area (Å²) in [5.74, 6) is 1.43.